The number of nitrogens with zero attached hydrogens (tertiary/aromatic N) is 4. The molecule has 3 fully saturated rings. The summed E-state index contributed by atoms with van der Waals surface area (Å²) in [5, 5.41) is 30.0. The van der Waals surface area contributed by atoms with E-state index < -0.39 is 40.5 Å². The average molecular weight is 627 g/mol. The Bertz CT molecular complexity index is 1570. The third-order valence-electron chi connectivity index (χ3n) is 10.1. The number of aromatic nitrogens is 2. The second-order valence-corrected chi connectivity index (χ2v) is 12.8. The van der Waals surface area contributed by atoms with Crippen LogP contribution in [0.15, 0.2) is 40.6 Å². The summed E-state index contributed by atoms with van der Waals surface area (Å²) in [5.41, 5.74) is 0.593. The Hall–Kier alpha value is -4.33. The smallest absolute Gasteiger partial charge is 0.337 e. The number of likely N-dealkylation sites (N-methyl/N-ethyl adjacent to an activating group) is 1. The van der Waals surface area contributed by atoms with Crippen molar-refractivity contribution in [3.8, 4) is 0 Å². The Morgan fingerprint density at radius 1 is 1.27 bits per heavy atom. The molecule has 2 saturated carbocycles. The highest BCUT2D eigenvalue weighted by Crippen LogP contribution is 2.62. The van der Waals surface area contributed by atoms with Crippen molar-refractivity contribution in [2.45, 2.75) is 65.1 Å². The molecule has 1 N–H and O–H groups in total. The van der Waals surface area contributed by atoms with Gasteiger partial charge in [-0.2, -0.15) is 0 Å². The van der Waals surface area contributed by atoms with Crippen LogP contribution in [0.3, 0.4) is 0 Å². The fourth-order valence-electron chi connectivity index (χ4n) is 7.69. The number of rotatable bonds is 9. The summed E-state index contributed by atoms with van der Waals surface area (Å²) in [6, 6.07) is 2.75. The summed E-state index contributed by atoms with van der Waals surface area (Å²) in [5.74, 6) is -1.58. The molecule has 1 aliphatic heterocycles. The van der Waals surface area contributed by atoms with Crippen LogP contribution in [0.2, 0.25) is 0 Å². The molecule has 14 nitrogen and oxygen atoms in total. The molecule has 242 valence electrons. The van der Waals surface area contributed by atoms with Gasteiger partial charge in [-0.1, -0.05) is 32.1 Å². The lowest BCUT2D eigenvalue weighted by Crippen LogP contribution is -2.58. The van der Waals surface area contributed by atoms with Crippen LogP contribution in [0.25, 0.3) is 11.0 Å². The summed E-state index contributed by atoms with van der Waals surface area (Å²) in [6.07, 6.45) is 3.53. The highest BCUT2D eigenvalue weighted by molar-refractivity contribution is 5.95. The van der Waals surface area contributed by atoms with Crippen LogP contribution in [0.5, 0.6) is 0 Å². The van der Waals surface area contributed by atoms with Gasteiger partial charge < -0.3 is 24.2 Å². The van der Waals surface area contributed by atoms with Gasteiger partial charge in [-0.05, 0) is 65.7 Å². The van der Waals surface area contributed by atoms with Gasteiger partial charge in [-0.15, -0.1) is 0 Å². The summed E-state index contributed by atoms with van der Waals surface area (Å²) in [4.78, 5) is 49.3. The average Bonchev–Trinajstić information content (AvgIpc) is 3.60. The maximum Gasteiger partial charge on any atom is 0.337 e. The second kappa shape index (κ2) is 12.2. The van der Waals surface area contributed by atoms with E-state index in [0.717, 1.165) is 18.4 Å². The number of non-ortho nitro benzene ring substituents is 1. The van der Waals surface area contributed by atoms with E-state index >= 15 is 0 Å². The van der Waals surface area contributed by atoms with Gasteiger partial charge in [0.15, 0.2) is 11.6 Å². The van der Waals surface area contributed by atoms with Crippen molar-refractivity contribution >= 4 is 40.3 Å². The molecule has 0 amide bonds. The van der Waals surface area contributed by atoms with Crippen molar-refractivity contribution in [2.75, 3.05) is 31.7 Å². The summed E-state index contributed by atoms with van der Waals surface area (Å²) >= 11 is 0. The van der Waals surface area contributed by atoms with Crippen molar-refractivity contribution in [2.24, 2.45) is 22.7 Å². The summed E-state index contributed by atoms with van der Waals surface area (Å²) < 4.78 is 21.0. The van der Waals surface area contributed by atoms with Crippen LogP contribution in [0.1, 0.15) is 52.9 Å². The van der Waals surface area contributed by atoms with Crippen molar-refractivity contribution < 1.29 is 43.3 Å². The fraction of sp³-hybridized carbons (Fsp3) is 0.581. The monoisotopic (exact) mass is 626 g/mol. The van der Waals surface area contributed by atoms with Crippen LogP contribution in [0.4, 0.5) is 11.4 Å². The Balaban J connectivity index is 1.30. The van der Waals surface area contributed by atoms with Gasteiger partial charge in [0.2, 0.25) is 5.52 Å². The molecular formula is C31H38N4O10. The van der Waals surface area contributed by atoms with Crippen molar-refractivity contribution in [3.05, 3.63) is 46.0 Å². The number of fused-ring (bicyclic) bond motifs is 2. The van der Waals surface area contributed by atoms with Crippen molar-refractivity contribution in [3.63, 3.8) is 0 Å². The van der Waals surface area contributed by atoms with E-state index in [9.17, 15) is 29.6 Å². The van der Waals surface area contributed by atoms with Gasteiger partial charge in [-0.3, -0.25) is 19.7 Å². The molecular weight excluding hydrogens is 588 g/mol. The Labute approximate surface area is 259 Å². The molecule has 3 aliphatic rings. The lowest BCUT2D eigenvalue weighted by atomic mass is 9.46. The molecule has 0 radical (unpaired) electrons. The lowest BCUT2D eigenvalue weighted by molar-refractivity contribution is -0.383. The van der Waals surface area contributed by atoms with E-state index in [1.165, 1.54) is 19.1 Å². The number of ether oxygens (including phenoxy) is 3. The van der Waals surface area contributed by atoms with Crippen LogP contribution in [-0.2, 0) is 28.6 Å². The number of cyclic esters (lactones) is 1. The Morgan fingerprint density at radius 3 is 2.71 bits per heavy atom. The summed E-state index contributed by atoms with van der Waals surface area (Å²) in [6.45, 7) is 9.57. The van der Waals surface area contributed by atoms with Crippen molar-refractivity contribution in [1.29, 1.82) is 0 Å². The molecule has 2 aromatic rings. The molecule has 6 atom stereocenters. The normalized spacial score (nSPS) is 30.6. The number of anilines is 1. The quantitative estimate of drug-likeness (QED) is 0.106. The molecule has 5 rings (SSSR count). The molecule has 45 heavy (non-hydrogen) atoms. The van der Waals surface area contributed by atoms with Gasteiger partial charge >= 0.3 is 23.6 Å². The SMILES string of the molecule is C=C1CC[C@@H]2[C@](C)(COC(=O)CN(C)c3ccc([N+](=O)[O-])c4nonc34)[C@H](O)CC[C@@]2(C)[C@@H]1C/C=C1/C(=O)OC[C@H]1OC(C)=O. The highest BCUT2D eigenvalue weighted by Gasteiger charge is 2.58. The molecule has 1 aromatic carbocycles. The van der Waals surface area contributed by atoms with E-state index in [0.29, 0.717) is 30.5 Å². The lowest BCUT2D eigenvalue weighted by Gasteiger charge is -2.60. The van der Waals surface area contributed by atoms with Crippen LogP contribution < -0.4 is 4.90 Å². The van der Waals surface area contributed by atoms with Gasteiger partial charge in [0, 0.05) is 25.5 Å². The molecule has 14 heteroatoms. The van der Waals surface area contributed by atoms with Crippen molar-refractivity contribution in [1.82, 2.24) is 10.3 Å². The molecule has 2 heterocycles. The van der Waals surface area contributed by atoms with Gasteiger partial charge in [0.1, 0.15) is 13.2 Å². The number of esters is 3. The third-order valence-corrected chi connectivity index (χ3v) is 10.1. The molecule has 0 bridgehead atoms. The number of aliphatic hydroxyl groups is 1. The molecule has 0 unspecified atom stereocenters. The molecule has 0 spiro atoms. The number of hydrogen-bond donors (Lipinski definition) is 1. The first-order valence-electron chi connectivity index (χ1n) is 14.9. The van der Waals surface area contributed by atoms with Gasteiger partial charge in [-0.25, -0.2) is 9.42 Å². The third kappa shape index (κ3) is 5.90. The molecule has 2 aliphatic carbocycles. The minimum absolute atomic E-state index is 0.00881. The van der Waals surface area contributed by atoms with E-state index in [1.807, 2.05) is 6.92 Å². The van der Waals surface area contributed by atoms with E-state index in [4.69, 9.17) is 18.8 Å². The zero-order valence-electron chi connectivity index (χ0n) is 25.8. The largest absolute Gasteiger partial charge is 0.464 e. The highest BCUT2D eigenvalue weighted by atomic mass is 16.6. The maximum atomic E-state index is 13.1. The number of benzene rings is 1. The number of carbonyl (C=O) groups excluding carboxylic acids is 3. The first kappa shape index (κ1) is 32.1. The topological polar surface area (TPSA) is 184 Å². The Morgan fingerprint density at radius 2 is 2.00 bits per heavy atom. The Kier molecular flexibility index (Phi) is 8.71. The number of carbonyl (C=O) groups is 3. The minimum Gasteiger partial charge on any atom is -0.464 e. The molecule has 1 aromatic heterocycles. The number of nitro benzene ring substituents is 1. The van der Waals surface area contributed by atoms with Crippen LogP contribution >= 0.6 is 0 Å². The van der Waals surface area contributed by atoms with Crippen LogP contribution in [0, 0.1) is 32.8 Å². The van der Waals surface area contributed by atoms with E-state index in [2.05, 4.69) is 23.8 Å². The maximum absolute atomic E-state index is 13.1. The number of allylic oxidation sites excluding steroid dienone is 2. The van der Waals surface area contributed by atoms with Gasteiger partial charge in [0.25, 0.3) is 0 Å². The number of aliphatic hydroxyl groups excluding tert-OH is 1. The fourth-order valence-corrected chi connectivity index (χ4v) is 7.69. The van der Waals surface area contributed by atoms with Gasteiger partial charge in [0.05, 0.1) is 28.9 Å². The van der Waals surface area contributed by atoms with E-state index in [-0.39, 0.29) is 53.7 Å². The summed E-state index contributed by atoms with van der Waals surface area (Å²) in [7, 11) is 1.63. The minimum atomic E-state index is -0.753. The first-order valence-corrected chi connectivity index (χ1v) is 14.9. The predicted molar refractivity (Wildman–Crippen MR) is 159 cm³/mol. The zero-order valence-corrected chi connectivity index (χ0v) is 25.8. The predicted octanol–water partition coefficient (Wildman–Crippen LogP) is 3.67. The molecule has 1 saturated heterocycles. The first-order chi connectivity index (χ1) is 21.3. The second-order valence-electron chi connectivity index (χ2n) is 12.8. The van der Waals surface area contributed by atoms with E-state index in [1.54, 1.807) is 18.0 Å². The number of hydrogen-bond acceptors (Lipinski definition) is 13. The standard InChI is InChI=1S/C31H38N4O10/c1-17-6-11-24-30(3,20(17)8-7-19-23(44-18(2)36)15-42-29(19)39)13-12-25(37)31(24,4)16-43-26(38)14-34(5)21-9-10-22(35(40)41)28-27(21)32-45-33-28/h7,9-10,20,23-25,37H,1,6,8,11-16H2,2-5H3/b19-7+/t20-,23-,24+,25-,30+,31+/m1/s1. The zero-order chi connectivity index (χ0) is 32.7. The van der Waals surface area contributed by atoms with Crippen LogP contribution in [-0.4, -0.2) is 77.3 Å². The number of nitro groups is 1.